The first-order valence-corrected chi connectivity index (χ1v) is 5.65. The van der Waals surface area contributed by atoms with E-state index in [1.807, 2.05) is 6.07 Å². The summed E-state index contributed by atoms with van der Waals surface area (Å²) in [6.07, 6.45) is 3.22. The largest absolute Gasteiger partial charge is 0.197 e. The van der Waals surface area contributed by atoms with Gasteiger partial charge in [0.1, 0.15) is 0 Å². The van der Waals surface area contributed by atoms with Crippen LogP contribution in [0.4, 0.5) is 0 Å². The molecular weight excluding hydrogens is 238 g/mol. The number of hydrogen-bond donors (Lipinski definition) is 0. The molecule has 1 aromatic carbocycles. The molecular formula is C12H12BrN. The molecule has 0 amide bonds. The number of benzene rings is 1. The van der Waals surface area contributed by atoms with Gasteiger partial charge in [0.25, 0.3) is 0 Å². The highest BCUT2D eigenvalue weighted by molar-refractivity contribution is 9.10. The SMILES string of the molecule is Cc1cc(Br)ccc1C1(C#N)CCC1. The van der Waals surface area contributed by atoms with E-state index in [4.69, 9.17) is 0 Å². The van der Waals surface area contributed by atoms with E-state index in [0.29, 0.717) is 0 Å². The van der Waals surface area contributed by atoms with Crippen LogP contribution >= 0.6 is 15.9 Å². The summed E-state index contributed by atoms with van der Waals surface area (Å²) < 4.78 is 1.09. The number of nitrogens with zero attached hydrogens (tertiary/aromatic N) is 1. The van der Waals surface area contributed by atoms with Crippen molar-refractivity contribution in [3.8, 4) is 6.07 Å². The van der Waals surface area contributed by atoms with Crippen molar-refractivity contribution >= 4 is 15.9 Å². The van der Waals surface area contributed by atoms with Gasteiger partial charge < -0.3 is 0 Å². The molecule has 0 aliphatic heterocycles. The number of hydrogen-bond acceptors (Lipinski definition) is 1. The van der Waals surface area contributed by atoms with E-state index in [1.165, 1.54) is 17.5 Å². The van der Waals surface area contributed by atoms with Crippen LogP contribution in [0.15, 0.2) is 22.7 Å². The van der Waals surface area contributed by atoms with Gasteiger partial charge in [0, 0.05) is 4.47 Å². The molecule has 0 bridgehead atoms. The predicted molar refractivity (Wildman–Crippen MR) is 60.0 cm³/mol. The highest BCUT2D eigenvalue weighted by atomic mass is 79.9. The Morgan fingerprint density at radius 2 is 2.14 bits per heavy atom. The lowest BCUT2D eigenvalue weighted by atomic mass is 9.64. The van der Waals surface area contributed by atoms with E-state index < -0.39 is 0 Å². The normalized spacial score (nSPS) is 18.4. The maximum absolute atomic E-state index is 9.22. The molecule has 1 fully saturated rings. The lowest BCUT2D eigenvalue weighted by Gasteiger charge is -2.36. The Bertz CT molecular complexity index is 399. The monoisotopic (exact) mass is 249 g/mol. The van der Waals surface area contributed by atoms with E-state index in [9.17, 15) is 5.26 Å². The maximum Gasteiger partial charge on any atom is 0.0825 e. The molecule has 1 aliphatic rings. The molecule has 0 radical (unpaired) electrons. The molecule has 0 N–H and O–H groups in total. The summed E-state index contributed by atoms with van der Waals surface area (Å²) in [5, 5.41) is 9.22. The van der Waals surface area contributed by atoms with Crippen molar-refractivity contribution in [2.45, 2.75) is 31.6 Å². The molecule has 1 saturated carbocycles. The van der Waals surface area contributed by atoms with Crippen LogP contribution in [0.3, 0.4) is 0 Å². The third-order valence-electron chi connectivity index (χ3n) is 3.13. The van der Waals surface area contributed by atoms with Crippen molar-refractivity contribution in [1.82, 2.24) is 0 Å². The summed E-state index contributed by atoms with van der Waals surface area (Å²) in [5.41, 5.74) is 2.26. The molecule has 2 heteroatoms. The zero-order chi connectivity index (χ0) is 10.2. The minimum atomic E-state index is -0.176. The average molecular weight is 250 g/mol. The summed E-state index contributed by atoms with van der Waals surface area (Å²) in [6, 6.07) is 8.68. The van der Waals surface area contributed by atoms with E-state index in [1.54, 1.807) is 0 Å². The van der Waals surface area contributed by atoms with E-state index in [2.05, 4.69) is 41.1 Å². The second-order valence-corrected chi connectivity index (χ2v) is 4.92. The first-order valence-electron chi connectivity index (χ1n) is 4.86. The highest BCUT2D eigenvalue weighted by Gasteiger charge is 2.39. The van der Waals surface area contributed by atoms with Gasteiger partial charge in [0.15, 0.2) is 0 Å². The van der Waals surface area contributed by atoms with Gasteiger partial charge in [-0.2, -0.15) is 5.26 Å². The number of rotatable bonds is 1. The van der Waals surface area contributed by atoms with Crippen LogP contribution in [0.1, 0.15) is 30.4 Å². The quantitative estimate of drug-likeness (QED) is 0.745. The van der Waals surface area contributed by atoms with E-state index in [-0.39, 0.29) is 5.41 Å². The van der Waals surface area contributed by atoms with Gasteiger partial charge in [-0.15, -0.1) is 0 Å². The summed E-state index contributed by atoms with van der Waals surface area (Å²) in [4.78, 5) is 0. The molecule has 0 heterocycles. The van der Waals surface area contributed by atoms with Crippen molar-refractivity contribution in [3.05, 3.63) is 33.8 Å². The first kappa shape index (κ1) is 9.73. The van der Waals surface area contributed by atoms with Crippen LogP contribution in [0.5, 0.6) is 0 Å². The van der Waals surface area contributed by atoms with E-state index >= 15 is 0 Å². The fourth-order valence-electron chi connectivity index (χ4n) is 2.14. The van der Waals surface area contributed by atoms with Gasteiger partial charge in [0.05, 0.1) is 11.5 Å². The van der Waals surface area contributed by atoms with Crippen molar-refractivity contribution in [3.63, 3.8) is 0 Å². The Balaban J connectivity index is 2.46. The van der Waals surface area contributed by atoms with Crippen LogP contribution in [-0.2, 0) is 5.41 Å². The number of nitriles is 1. The molecule has 1 nitrogen and oxygen atoms in total. The summed E-state index contributed by atoms with van der Waals surface area (Å²) in [7, 11) is 0. The van der Waals surface area contributed by atoms with E-state index in [0.717, 1.165) is 17.3 Å². The third-order valence-corrected chi connectivity index (χ3v) is 3.62. The zero-order valence-corrected chi connectivity index (χ0v) is 9.76. The lowest BCUT2D eigenvalue weighted by molar-refractivity contribution is 0.322. The fraction of sp³-hybridized carbons (Fsp3) is 0.417. The van der Waals surface area contributed by atoms with Crippen LogP contribution in [0.25, 0.3) is 0 Å². The Kier molecular flexibility index (Phi) is 2.36. The van der Waals surface area contributed by atoms with Crippen LogP contribution < -0.4 is 0 Å². The Morgan fingerprint density at radius 3 is 2.57 bits per heavy atom. The summed E-state index contributed by atoms with van der Waals surface area (Å²) >= 11 is 3.44. The van der Waals surface area contributed by atoms with Gasteiger partial charge in [-0.05, 0) is 49.4 Å². The summed E-state index contributed by atoms with van der Waals surface area (Å²) in [6.45, 7) is 2.08. The Labute approximate surface area is 92.9 Å². The van der Waals surface area contributed by atoms with Gasteiger partial charge in [-0.25, -0.2) is 0 Å². The predicted octanol–water partition coefficient (Wildman–Crippen LogP) is 3.70. The van der Waals surface area contributed by atoms with Gasteiger partial charge in [-0.3, -0.25) is 0 Å². The summed E-state index contributed by atoms with van der Waals surface area (Å²) in [5.74, 6) is 0. The Hall–Kier alpha value is -0.810. The van der Waals surface area contributed by atoms with Crippen LogP contribution in [0.2, 0.25) is 0 Å². The number of aryl methyl sites for hydroxylation is 1. The van der Waals surface area contributed by atoms with Crippen molar-refractivity contribution in [1.29, 1.82) is 5.26 Å². The van der Waals surface area contributed by atoms with Crippen LogP contribution in [0, 0.1) is 18.3 Å². The minimum absolute atomic E-state index is 0.176. The smallest absolute Gasteiger partial charge is 0.0825 e. The highest BCUT2D eigenvalue weighted by Crippen LogP contribution is 2.44. The van der Waals surface area contributed by atoms with Crippen molar-refractivity contribution in [2.24, 2.45) is 0 Å². The average Bonchev–Trinajstić information content (AvgIpc) is 2.07. The molecule has 72 valence electrons. The molecule has 14 heavy (non-hydrogen) atoms. The molecule has 0 unspecified atom stereocenters. The van der Waals surface area contributed by atoms with Crippen LogP contribution in [-0.4, -0.2) is 0 Å². The molecule has 0 saturated heterocycles. The van der Waals surface area contributed by atoms with Gasteiger partial charge in [0.2, 0.25) is 0 Å². The molecule has 1 aliphatic carbocycles. The molecule has 0 aromatic heterocycles. The minimum Gasteiger partial charge on any atom is -0.197 e. The number of halogens is 1. The lowest BCUT2D eigenvalue weighted by Crippen LogP contribution is -2.33. The topological polar surface area (TPSA) is 23.8 Å². The zero-order valence-electron chi connectivity index (χ0n) is 8.18. The standard InChI is InChI=1S/C12H12BrN/c1-9-7-10(13)3-4-11(9)12(8-14)5-2-6-12/h3-4,7H,2,5-6H2,1H3. The fourth-order valence-corrected chi connectivity index (χ4v) is 2.61. The van der Waals surface area contributed by atoms with Crippen molar-refractivity contribution < 1.29 is 0 Å². The van der Waals surface area contributed by atoms with Gasteiger partial charge >= 0.3 is 0 Å². The third kappa shape index (κ3) is 1.36. The molecule has 2 rings (SSSR count). The second-order valence-electron chi connectivity index (χ2n) is 4.01. The first-order chi connectivity index (χ1) is 6.68. The molecule has 1 aromatic rings. The van der Waals surface area contributed by atoms with Crippen molar-refractivity contribution in [2.75, 3.05) is 0 Å². The molecule has 0 atom stereocenters. The Morgan fingerprint density at radius 1 is 1.43 bits per heavy atom. The van der Waals surface area contributed by atoms with Gasteiger partial charge in [-0.1, -0.05) is 22.0 Å². The maximum atomic E-state index is 9.22. The second kappa shape index (κ2) is 3.40. The molecule has 0 spiro atoms.